The lowest BCUT2D eigenvalue weighted by Gasteiger charge is -2.21. The molecule has 0 N–H and O–H groups in total. The molecule has 3 aromatic carbocycles. The van der Waals surface area contributed by atoms with E-state index in [0.29, 0.717) is 16.1 Å². The first-order valence-corrected chi connectivity index (χ1v) is 9.39. The Morgan fingerprint density at radius 2 is 1.64 bits per heavy atom. The summed E-state index contributed by atoms with van der Waals surface area (Å²) < 4.78 is 2.00. The van der Waals surface area contributed by atoms with Gasteiger partial charge in [-0.3, -0.25) is 4.79 Å². The lowest BCUT2D eigenvalue weighted by Crippen LogP contribution is -2.15. The van der Waals surface area contributed by atoms with E-state index in [1.807, 2.05) is 89.6 Å². The zero-order valence-corrected chi connectivity index (χ0v) is 15.8. The Balaban J connectivity index is 1.86. The van der Waals surface area contributed by atoms with Crippen molar-refractivity contribution in [3.05, 3.63) is 107 Å². The molecule has 0 radical (unpaired) electrons. The van der Waals surface area contributed by atoms with E-state index in [-0.39, 0.29) is 18.2 Å². The summed E-state index contributed by atoms with van der Waals surface area (Å²) in [6, 6.07) is 26.5. The minimum absolute atomic E-state index is 0.0295. The van der Waals surface area contributed by atoms with E-state index in [1.54, 1.807) is 0 Å². The van der Waals surface area contributed by atoms with Crippen LogP contribution in [0, 0.1) is 11.3 Å². The van der Waals surface area contributed by atoms with Gasteiger partial charge in [-0.1, -0.05) is 78.3 Å². The van der Waals surface area contributed by atoms with Crippen LogP contribution >= 0.6 is 11.6 Å². The number of hydrogen-bond acceptors (Lipinski definition) is 2. The summed E-state index contributed by atoms with van der Waals surface area (Å²) in [5.41, 5.74) is 3.01. The van der Waals surface area contributed by atoms with E-state index in [1.165, 1.54) is 0 Å². The van der Waals surface area contributed by atoms with Crippen molar-refractivity contribution in [2.24, 2.45) is 0 Å². The maximum Gasteiger partial charge on any atom is 0.165 e. The fourth-order valence-electron chi connectivity index (χ4n) is 3.57. The number of nitrogens with zero attached hydrogens (tertiary/aromatic N) is 2. The van der Waals surface area contributed by atoms with Crippen molar-refractivity contribution < 1.29 is 4.79 Å². The highest BCUT2D eigenvalue weighted by molar-refractivity contribution is 6.31. The number of para-hydroxylation sites is 1. The Morgan fingerprint density at radius 3 is 2.39 bits per heavy atom. The molecule has 4 rings (SSSR count). The standard InChI is InChI=1S/C24H17ClN2O/c25-21-12-6-4-11-20(21)23(14-24(28)17-8-2-1-3-9-17)27-16-18(15-26)19-10-5-7-13-22(19)27/h1-13,16,23H,14H2. The molecule has 0 amide bonds. The van der Waals surface area contributed by atoms with Crippen LogP contribution in [0.5, 0.6) is 0 Å². The quantitative estimate of drug-likeness (QED) is 0.394. The highest BCUT2D eigenvalue weighted by Gasteiger charge is 2.23. The van der Waals surface area contributed by atoms with Crippen LogP contribution in [0.4, 0.5) is 0 Å². The Labute approximate surface area is 168 Å². The molecule has 136 valence electrons. The lowest BCUT2D eigenvalue weighted by atomic mass is 9.97. The van der Waals surface area contributed by atoms with Gasteiger partial charge in [-0.2, -0.15) is 5.26 Å². The number of halogens is 1. The molecule has 1 aromatic heterocycles. The van der Waals surface area contributed by atoms with Gasteiger partial charge in [0.1, 0.15) is 6.07 Å². The van der Waals surface area contributed by atoms with E-state index in [2.05, 4.69) is 6.07 Å². The summed E-state index contributed by atoms with van der Waals surface area (Å²) in [6.45, 7) is 0. The van der Waals surface area contributed by atoms with Gasteiger partial charge < -0.3 is 4.57 Å². The molecule has 0 fully saturated rings. The van der Waals surface area contributed by atoms with Crippen molar-refractivity contribution in [2.45, 2.75) is 12.5 Å². The first kappa shape index (κ1) is 18.0. The Kier molecular flexibility index (Phi) is 4.97. The van der Waals surface area contributed by atoms with E-state index in [0.717, 1.165) is 16.5 Å². The average Bonchev–Trinajstić information content (AvgIpc) is 3.12. The molecule has 0 bridgehead atoms. The zero-order valence-electron chi connectivity index (χ0n) is 15.0. The van der Waals surface area contributed by atoms with Gasteiger partial charge >= 0.3 is 0 Å². The zero-order chi connectivity index (χ0) is 19.5. The van der Waals surface area contributed by atoms with Gasteiger partial charge in [0, 0.05) is 34.1 Å². The summed E-state index contributed by atoms with van der Waals surface area (Å²) >= 11 is 6.50. The van der Waals surface area contributed by atoms with Crippen LogP contribution in [0.2, 0.25) is 5.02 Å². The molecule has 4 heteroatoms. The normalized spacial score (nSPS) is 11.9. The van der Waals surface area contributed by atoms with Gasteiger partial charge in [0.15, 0.2) is 5.78 Å². The van der Waals surface area contributed by atoms with Crippen LogP contribution in [-0.4, -0.2) is 10.4 Å². The summed E-state index contributed by atoms with van der Waals surface area (Å²) in [7, 11) is 0. The van der Waals surface area contributed by atoms with Crippen LogP contribution in [0.3, 0.4) is 0 Å². The van der Waals surface area contributed by atoms with Crippen LogP contribution < -0.4 is 0 Å². The van der Waals surface area contributed by atoms with Crippen LogP contribution in [0.25, 0.3) is 10.9 Å². The minimum atomic E-state index is -0.312. The Morgan fingerprint density at radius 1 is 0.964 bits per heavy atom. The fraction of sp³-hybridized carbons (Fsp3) is 0.0833. The van der Waals surface area contributed by atoms with Gasteiger partial charge in [0.2, 0.25) is 0 Å². The molecular formula is C24H17ClN2O. The molecule has 3 nitrogen and oxygen atoms in total. The Bertz CT molecular complexity index is 1190. The van der Waals surface area contributed by atoms with Crippen molar-refractivity contribution in [1.82, 2.24) is 4.57 Å². The number of benzene rings is 3. The molecule has 4 aromatic rings. The van der Waals surface area contributed by atoms with Crippen LogP contribution in [0.1, 0.15) is 33.9 Å². The highest BCUT2D eigenvalue weighted by Crippen LogP contribution is 2.34. The van der Waals surface area contributed by atoms with Crippen molar-refractivity contribution in [3.63, 3.8) is 0 Å². The second kappa shape index (κ2) is 7.72. The molecule has 1 unspecified atom stereocenters. The molecule has 0 spiro atoms. The van der Waals surface area contributed by atoms with E-state index >= 15 is 0 Å². The molecule has 0 aliphatic carbocycles. The number of nitriles is 1. The predicted octanol–water partition coefficient (Wildman–Crippen LogP) is 6.03. The Hall–Kier alpha value is -3.35. The van der Waals surface area contributed by atoms with Crippen LogP contribution in [-0.2, 0) is 0 Å². The first-order chi connectivity index (χ1) is 13.7. The molecule has 1 heterocycles. The number of Topliss-reactive ketones (excluding diaryl/α,β-unsaturated/α-hetero) is 1. The average molecular weight is 385 g/mol. The maximum atomic E-state index is 13.0. The molecule has 0 aliphatic rings. The molecule has 28 heavy (non-hydrogen) atoms. The van der Waals surface area contributed by atoms with Gasteiger partial charge in [0.25, 0.3) is 0 Å². The largest absolute Gasteiger partial charge is 0.338 e. The number of carbonyl (C=O) groups excluding carboxylic acids is 1. The molecule has 0 saturated heterocycles. The number of hydrogen-bond donors (Lipinski definition) is 0. The van der Waals surface area contributed by atoms with Crippen molar-refractivity contribution in [2.75, 3.05) is 0 Å². The van der Waals surface area contributed by atoms with Crippen molar-refractivity contribution in [1.29, 1.82) is 5.26 Å². The van der Waals surface area contributed by atoms with Gasteiger partial charge in [0.05, 0.1) is 11.6 Å². The summed E-state index contributed by atoms with van der Waals surface area (Å²) in [5.74, 6) is 0.0295. The summed E-state index contributed by atoms with van der Waals surface area (Å²) in [5, 5.41) is 11.0. The third-order valence-corrected chi connectivity index (χ3v) is 5.28. The number of fused-ring (bicyclic) bond motifs is 1. The molecule has 0 aliphatic heterocycles. The number of rotatable bonds is 5. The second-order valence-electron chi connectivity index (χ2n) is 6.61. The molecule has 1 atom stereocenters. The molecular weight excluding hydrogens is 368 g/mol. The summed E-state index contributed by atoms with van der Waals surface area (Å²) in [4.78, 5) is 13.0. The summed E-state index contributed by atoms with van der Waals surface area (Å²) in [6.07, 6.45) is 2.06. The van der Waals surface area contributed by atoms with E-state index in [4.69, 9.17) is 11.6 Å². The second-order valence-corrected chi connectivity index (χ2v) is 7.02. The lowest BCUT2D eigenvalue weighted by molar-refractivity contribution is 0.0970. The fourth-order valence-corrected chi connectivity index (χ4v) is 3.83. The number of ketones is 1. The maximum absolute atomic E-state index is 13.0. The van der Waals surface area contributed by atoms with Gasteiger partial charge in [-0.25, -0.2) is 0 Å². The SMILES string of the molecule is N#Cc1cn(C(CC(=O)c2ccccc2)c2ccccc2Cl)c2ccccc12. The van der Waals surface area contributed by atoms with Crippen molar-refractivity contribution >= 4 is 28.3 Å². The molecule has 0 saturated carbocycles. The number of carbonyl (C=O) groups is 1. The van der Waals surface area contributed by atoms with Crippen LogP contribution in [0.15, 0.2) is 85.1 Å². The van der Waals surface area contributed by atoms with E-state index < -0.39 is 0 Å². The minimum Gasteiger partial charge on any atom is -0.338 e. The highest BCUT2D eigenvalue weighted by atomic mass is 35.5. The topological polar surface area (TPSA) is 45.8 Å². The third kappa shape index (κ3) is 3.31. The van der Waals surface area contributed by atoms with Crippen molar-refractivity contribution in [3.8, 4) is 6.07 Å². The number of aromatic nitrogens is 1. The monoisotopic (exact) mass is 384 g/mol. The predicted molar refractivity (Wildman–Crippen MR) is 112 cm³/mol. The van der Waals surface area contributed by atoms with E-state index in [9.17, 15) is 10.1 Å². The third-order valence-electron chi connectivity index (χ3n) is 4.94. The van der Waals surface area contributed by atoms with Gasteiger partial charge in [-0.15, -0.1) is 0 Å². The first-order valence-electron chi connectivity index (χ1n) is 9.01. The van der Waals surface area contributed by atoms with Gasteiger partial charge in [-0.05, 0) is 17.7 Å². The smallest absolute Gasteiger partial charge is 0.165 e.